The lowest BCUT2D eigenvalue weighted by Gasteiger charge is -2.19. The highest BCUT2D eigenvalue weighted by molar-refractivity contribution is 6.02. The van der Waals surface area contributed by atoms with E-state index in [0.717, 1.165) is 25.6 Å². The maximum atomic E-state index is 13.1. The Kier molecular flexibility index (Phi) is 8.01. The number of nitrogens with one attached hydrogen (secondary N) is 2. The molecule has 0 amide bonds. The average molecular weight is 447 g/mol. The Morgan fingerprint density at radius 3 is 2.27 bits per heavy atom. The van der Waals surface area contributed by atoms with Gasteiger partial charge in [0.05, 0.1) is 11.1 Å². The Bertz CT molecular complexity index is 1180. The van der Waals surface area contributed by atoms with Gasteiger partial charge in [-0.3, -0.25) is 0 Å². The zero-order valence-electron chi connectivity index (χ0n) is 19.4. The van der Waals surface area contributed by atoms with Crippen LogP contribution >= 0.6 is 0 Å². The first-order chi connectivity index (χ1) is 15.8. The number of carboxylic acids is 1. The van der Waals surface area contributed by atoms with E-state index >= 15 is 0 Å². The Morgan fingerprint density at radius 2 is 1.64 bits per heavy atom. The molecule has 0 aliphatic rings. The number of carbonyl (C=O) groups is 1. The van der Waals surface area contributed by atoms with Gasteiger partial charge in [0.25, 0.3) is 0 Å². The van der Waals surface area contributed by atoms with E-state index in [0.29, 0.717) is 10.9 Å². The number of halogens is 1. The van der Waals surface area contributed by atoms with Crippen molar-refractivity contribution >= 4 is 16.9 Å². The van der Waals surface area contributed by atoms with Crippen LogP contribution < -0.4 is 5.32 Å². The smallest absolute Gasteiger partial charge is 0.337 e. The quantitative estimate of drug-likeness (QED) is 0.304. The molecule has 5 heteroatoms. The summed E-state index contributed by atoms with van der Waals surface area (Å²) in [6.45, 7) is 8.71. The summed E-state index contributed by atoms with van der Waals surface area (Å²) < 4.78 is 13.1. The van der Waals surface area contributed by atoms with Gasteiger partial charge in [0.15, 0.2) is 0 Å². The standard InChI is InChI=1S/C19H25N.C9H6FNO2/c1-19(2,3)18-11-9-17(10-12-18)15-20-14-13-16-7-5-4-6-8-16;10-7-2-1-6(9(12)13)8-5(7)3-4-11-8/h4-12,20H,13-15H2,1-3H3;1-4,11H,(H,12,13). The molecule has 1 aromatic heterocycles. The summed E-state index contributed by atoms with van der Waals surface area (Å²) in [5.41, 5.74) is 4.78. The highest BCUT2D eigenvalue weighted by atomic mass is 19.1. The predicted octanol–water partition coefficient (Wildman–Crippen LogP) is 6.32. The van der Waals surface area contributed by atoms with E-state index in [1.54, 1.807) is 0 Å². The van der Waals surface area contributed by atoms with Crippen molar-refractivity contribution in [2.75, 3.05) is 6.54 Å². The molecule has 0 bridgehead atoms. The monoisotopic (exact) mass is 446 g/mol. The first-order valence-corrected chi connectivity index (χ1v) is 11.1. The topological polar surface area (TPSA) is 65.1 Å². The number of hydrogen-bond donors (Lipinski definition) is 3. The Hall–Kier alpha value is -3.44. The summed E-state index contributed by atoms with van der Waals surface area (Å²) in [4.78, 5) is 13.4. The third-order valence-electron chi connectivity index (χ3n) is 5.48. The van der Waals surface area contributed by atoms with Gasteiger partial charge in [-0.05, 0) is 53.3 Å². The number of carboxylic acid groups (broad SMARTS) is 1. The van der Waals surface area contributed by atoms with Crippen molar-refractivity contribution in [3.05, 3.63) is 107 Å². The van der Waals surface area contributed by atoms with E-state index in [1.165, 1.54) is 35.0 Å². The lowest BCUT2D eigenvalue weighted by Crippen LogP contribution is -2.17. The fourth-order valence-corrected chi connectivity index (χ4v) is 3.53. The second-order valence-electron chi connectivity index (χ2n) is 9.03. The van der Waals surface area contributed by atoms with Crippen LogP contribution in [0.5, 0.6) is 0 Å². The van der Waals surface area contributed by atoms with Crippen LogP contribution in [0.1, 0.15) is 47.8 Å². The number of fused-ring (bicyclic) bond motifs is 1. The molecule has 0 fully saturated rings. The van der Waals surface area contributed by atoms with Crippen molar-refractivity contribution in [2.24, 2.45) is 0 Å². The Labute approximate surface area is 194 Å². The minimum atomic E-state index is -1.06. The summed E-state index contributed by atoms with van der Waals surface area (Å²) in [6.07, 6.45) is 2.60. The van der Waals surface area contributed by atoms with Crippen LogP contribution in [0.15, 0.2) is 79.0 Å². The second kappa shape index (κ2) is 10.9. The number of rotatable bonds is 6. The van der Waals surface area contributed by atoms with E-state index in [2.05, 4.69) is 85.7 Å². The van der Waals surface area contributed by atoms with Gasteiger partial charge in [0, 0.05) is 18.1 Å². The second-order valence-corrected chi connectivity index (χ2v) is 9.03. The Morgan fingerprint density at radius 1 is 0.939 bits per heavy atom. The number of aromatic carboxylic acids is 1. The normalized spacial score (nSPS) is 11.2. The van der Waals surface area contributed by atoms with E-state index in [9.17, 15) is 9.18 Å². The van der Waals surface area contributed by atoms with Gasteiger partial charge in [-0.15, -0.1) is 0 Å². The number of H-pyrrole nitrogens is 1. The molecular formula is C28H31FN2O2. The first-order valence-electron chi connectivity index (χ1n) is 11.1. The number of benzene rings is 3. The van der Waals surface area contributed by atoms with Gasteiger partial charge in [0.2, 0.25) is 0 Å². The molecule has 0 spiro atoms. The molecule has 3 N–H and O–H groups in total. The predicted molar refractivity (Wildman–Crippen MR) is 132 cm³/mol. The molecule has 172 valence electrons. The van der Waals surface area contributed by atoms with Crippen molar-refractivity contribution in [2.45, 2.75) is 39.2 Å². The first kappa shape index (κ1) is 24.2. The minimum Gasteiger partial charge on any atom is -0.478 e. The third-order valence-corrected chi connectivity index (χ3v) is 5.48. The molecular weight excluding hydrogens is 415 g/mol. The van der Waals surface area contributed by atoms with Crippen LogP contribution in [0.4, 0.5) is 4.39 Å². The molecule has 1 heterocycles. The number of aromatic amines is 1. The van der Waals surface area contributed by atoms with Gasteiger partial charge in [0.1, 0.15) is 5.82 Å². The molecule has 0 aliphatic carbocycles. The molecule has 4 rings (SSSR count). The fraction of sp³-hybridized carbons (Fsp3) is 0.250. The van der Waals surface area contributed by atoms with Gasteiger partial charge in [-0.2, -0.15) is 0 Å². The van der Waals surface area contributed by atoms with Gasteiger partial charge in [-0.1, -0.05) is 75.4 Å². The molecule has 3 aromatic carbocycles. The summed E-state index contributed by atoms with van der Waals surface area (Å²) >= 11 is 0. The molecule has 33 heavy (non-hydrogen) atoms. The third kappa shape index (κ3) is 6.77. The van der Waals surface area contributed by atoms with E-state index in [1.807, 2.05) is 0 Å². The SMILES string of the molecule is CC(C)(C)c1ccc(CNCCc2ccccc2)cc1.O=C(O)c1ccc(F)c2cc[nH]c12. The summed E-state index contributed by atoms with van der Waals surface area (Å²) in [5, 5.41) is 12.6. The molecule has 0 saturated carbocycles. The molecule has 4 nitrogen and oxygen atoms in total. The van der Waals surface area contributed by atoms with Crippen molar-refractivity contribution < 1.29 is 14.3 Å². The molecule has 0 saturated heterocycles. The number of aromatic nitrogens is 1. The lowest BCUT2D eigenvalue weighted by atomic mass is 9.87. The van der Waals surface area contributed by atoms with Gasteiger partial charge in [-0.25, -0.2) is 9.18 Å². The molecule has 0 aliphatic heterocycles. The van der Waals surface area contributed by atoms with Crippen LogP contribution in [0.25, 0.3) is 10.9 Å². The van der Waals surface area contributed by atoms with Gasteiger partial charge < -0.3 is 15.4 Å². The van der Waals surface area contributed by atoms with E-state index in [4.69, 9.17) is 5.11 Å². The van der Waals surface area contributed by atoms with E-state index in [-0.39, 0.29) is 11.0 Å². The summed E-state index contributed by atoms with van der Waals surface area (Å²) in [7, 11) is 0. The average Bonchev–Trinajstić information content (AvgIpc) is 3.28. The largest absolute Gasteiger partial charge is 0.478 e. The molecule has 0 atom stereocenters. The van der Waals surface area contributed by atoms with Crippen LogP contribution in [-0.4, -0.2) is 22.6 Å². The van der Waals surface area contributed by atoms with Gasteiger partial charge >= 0.3 is 5.97 Å². The van der Waals surface area contributed by atoms with Crippen molar-refractivity contribution in [1.82, 2.24) is 10.3 Å². The lowest BCUT2D eigenvalue weighted by molar-refractivity contribution is 0.0699. The number of hydrogen-bond acceptors (Lipinski definition) is 2. The zero-order valence-corrected chi connectivity index (χ0v) is 19.4. The minimum absolute atomic E-state index is 0.0846. The molecule has 0 unspecified atom stereocenters. The summed E-state index contributed by atoms with van der Waals surface area (Å²) in [6, 6.07) is 23.5. The molecule has 0 radical (unpaired) electrons. The molecule has 4 aromatic rings. The Balaban J connectivity index is 0.000000203. The van der Waals surface area contributed by atoms with Crippen LogP contribution in [0.2, 0.25) is 0 Å². The van der Waals surface area contributed by atoms with Crippen molar-refractivity contribution in [1.29, 1.82) is 0 Å². The van der Waals surface area contributed by atoms with Crippen LogP contribution in [0, 0.1) is 5.82 Å². The highest BCUT2D eigenvalue weighted by Crippen LogP contribution is 2.22. The maximum absolute atomic E-state index is 13.1. The fourth-order valence-electron chi connectivity index (χ4n) is 3.53. The van der Waals surface area contributed by atoms with Crippen molar-refractivity contribution in [3.63, 3.8) is 0 Å². The maximum Gasteiger partial charge on any atom is 0.337 e. The highest BCUT2D eigenvalue weighted by Gasteiger charge is 2.13. The van der Waals surface area contributed by atoms with Crippen molar-refractivity contribution in [3.8, 4) is 0 Å². The van der Waals surface area contributed by atoms with E-state index < -0.39 is 11.8 Å². The zero-order chi connectivity index (χ0) is 23.8. The van der Waals surface area contributed by atoms with Crippen LogP contribution in [-0.2, 0) is 18.4 Å². The summed E-state index contributed by atoms with van der Waals surface area (Å²) in [5.74, 6) is -1.48. The van der Waals surface area contributed by atoms with Crippen LogP contribution in [0.3, 0.4) is 0 Å².